The molecule has 31 heavy (non-hydrogen) atoms. The van der Waals surface area contributed by atoms with Gasteiger partial charge in [0.15, 0.2) is 5.56 Å². The SMILES string of the molecule is CC(Cl)Oc1cc(OCCc2cccs2)cc(C(=O)Nc2ccc(P(=O)(O)O)cn2)c1. The Labute approximate surface area is 188 Å². The van der Waals surface area contributed by atoms with Crippen molar-refractivity contribution in [2.45, 2.75) is 18.9 Å². The number of amides is 1. The molecule has 8 nitrogen and oxygen atoms in total. The average Bonchev–Trinajstić information content (AvgIpc) is 3.20. The molecular formula is C20H20ClN2O6PS. The summed E-state index contributed by atoms with van der Waals surface area (Å²) in [5.41, 5.74) is -0.360. The fourth-order valence-corrected chi connectivity index (χ4v) is 3.86. The highest BCUT2D eigenvalue weighted by molar-refractivity contribution is 7.60. The van der Waals surface area contributed by atoms with Crippen LogP contribution in [-0.4, -0.2) is 32.8 Å². The Morgan fingerprint density at radius 2 is 2.03 bits per heavy atom. The highest BCUT2D eigenvalue weighted by Gasteiger charge is 2.18. The van der Waals surface area contributed by atoms with Crippen LogP contribution in [0.15, 0.2) is 54.0 Å². The van der Waals surface area contributed by atoms with Crippen LogP contribution in [0.2, 0.25) is 0 Å². The first-order valence-corrected chi connectivity index (χ1v) is 12.1. The van der Waals surface area contributed by atoms with Gasteiger partial charge in [0.1, 0.15) is 17.3 Å². The molecule has 0 radical (unpaired) electrons. The van der Waals surface area contributed by atoms with Crippen LogP contribution in [0.4, 0.5) is 5.82 Å². The molecule has 3 aromatic rings. The predicted molar refractivity (Wildman–Crippen MR) is 120 cm³/mol. The summed E-state index contributed by atoms with van der Waals surface area (Å²) in [5.74, 6) is 0.457. The van der Waals surface area contributed by atoms with Crippen molar-refractivity contribution in [3.8, 4) is 11.5 Å². The number of hydrogen-bond donors (Lipinski definition) is 3. The van der Waals surface area contributed by atoms with E-state index in [-0.39, 0.29) is 16.7 Å². The Hall–Kier alpha value is -2.42. The van der Waals surface area contributed by atoms with Gasteiger partial charge in [-0.25, -0.2) is 4.98 Å². The summed E-state index contributed by atoms with van der Waals surface area (Å²) in [7, 11) is -4.41. The van der Waals surface area contributed by atoms with Crippen LogP contribution in [0.5, 0.6) is 11.5 Å². The van der Waals surface area contributed by atoms with Gasteiger partial charge in [0, 0.05) is 29.1 Å². The molecule has 2 heterocycles. The van der Waals surface area contributed by atoms with Crippen LogP contribution < -0.4 is 20.1 Å². The molecule has 11 heteroatoms. The van der Waals surface area contributed by atoms with Crippen molar-refractivity contribution in [2.75, 3.05) is 11.9 Å². The van der Waals surface area contributed by atoms with Gasteiger partial charge in [-0.1, -0.05) is 17.7 Å². The molecule has 1 amide bonds. The van der Waals surface area contributed by atoms with Crippen LogP contribution in [0.1, 0.15) is 22.2 Å². The van der Waals surface area contributed by atoms with E-state index in [0.29, 0.717) is 18.1 Å². The van der Waals surface area contributed by atoms with E-state index in [1.54, 1.807) is 30.4 Å². The van der Waals surface area contributed by atoms with E-state index >= 15 is 0 Å². The van der Waals surface area contributed by atoms with E-state index in [1.165, 1.54) is 23.1 Å². The van der Waals surface area contributed by atoms with Gasteiger partial charge < -0.3 is 24.6 Å². The number of benzene rings is 1. The summed E-state index contributed by atoms with van der Waals surface area (Å²) in [6.45, 7) is 2.07. The Morgan fingerprint density at radius 3 is 2.65 bits per heavy atom. The third kappa shape index (κ3) is 7.05. The third-order valence-electron chi connectivity index (χ3n) is 3.96. The molecule has 3 N–H and O–H groups in total. The van der Waals surface area contributed by atoms with Crippen molar-refractivity contribution in [1.82, 2.24) is 4.98 Å². The van der Waals surface area contributed by atoms with E-state index in [1.807, 2.05) is 17.5 Å². The minimum absolute atomic E-state index is 0.138. The van der Waals surface area contributed by atoms with Crippen molar-refractivity contribution in [3.05, 3.63) is 64.5 Å². The fraction of sp³-hybridized carbons (Fsp3) is 0.200. The minimum Gasteiger partial charge on any atom is -0.493 e. The number of rotatable bonds is 9. The lowest BCUT2D eigenvalue weighted by Crippen LogP contribution is -2.15. The topological polar surface area (TPSA) is 118 Å². The molecule has 1 unspecified atom stereocenters. The number of nitrogens with one attached hydrogen (secondary N) is 1. The molecule has 1 atom stereocenters. The van der Waals surface area contributed by atoms with E-state index in [0.717, 1.165) is 12.6 Å². The maximum Gasteiger partial charge on any atom is 0.357 e. The second-order valence-electron chi connectivity index (χ2n) is 6.43. The highest BCUT2D eigenvalue weighted by atomic mass is 35.5. The summed E-state index contributed by atoms with van der Waals surface area (Å²) >= 11 is 7.55. The largest absolute Gasteiger partial charge is 0.493 e. The lowest BCUT2D eigenvalue weighted by molar-refractivity contribution is 0.102. The first-order chi connectivity index (χ1) is 14.7. The first kappa shape index (κ1) is 23.2. The Morgan fingerprint density at radius 1 is 1.26 bits per heavy atom. The standard InChI is InChI=1S/C20H20ClN2O6PS/c1-13(21)29-16-10-14(9-15(11-16)28-7-6-18-3-2-8-31-18)20(24)23-19-5-4-17(12-22-19)30(25,26)27/h2-5,8-13H,6-7H2,1H3,(H,22,23,24)(H2,25,26,27). The molecule has 164 valence electrons. The molecule has 0 bridgehead atoms. The van der Waals surface area contributed by atoms with Gasteiger partial charge in [-0.15, -0.1) is 11.3 Å². The van der Waals surface area contributed by atoms with E-state index in [4.69, 9.17) is 30.9 Å². The number of pyridine rings is 1. The zero-order valence-electron chi connectivity index (χ0n) is 16.4. The number of ether oxygens (including phenoxy) is 2. The maximum absolute atomic E-state index is 12.7. The predicted octanol–water partition coefficient (Wildman–Crippen LogP) is 3.78. The van der Waals surface area contributed by atoms with E-state index < -0.39 is 19.1 Å². The minimum atomic E-state index is -4.41. The van der Waals surface area contributed by atoms with E-state index in [9.17, 15) is 9.36 Å². The Kier molecular flexibility index (Phi) is 7.69. The third-order valence-corrected chi connectivity index (χ3v) is 5.93. The van der Waals surface area contributed by atoms with Crippen molar-refractivity contribution in [1.29, 1.82) is 0 Å². The first-order valence-electron chi connectivity index (χ1n) is 9.15. The number of nitrogens with zero attached hydrogens (tertiary/aromatic N) is 1. The van der Waals surface area contributed by atoms with Gasteiger partial charge in [0.25, 0.3) is 5.91 Å². The Balaban J connectivity index is 1.74. The van der Waals surface area contributed by atoms with Crippen molar-refractivity contribution in [3.63, 3.8) is 0 Å². The van der Waals surface area contributed by atoms with Crippen molar-refractivity contribution in [2.24, 2.45) is 0 Å². The quantitative estimate of drug-likeness (QED) is 0.314. The zero-order chi connectivity index (χ0) is 22.4. The summed E-state index contributed by atoms with van der Waals surface area (Å²) in [6.07, 6.45) is 1.75. The molecule has 0 aliphatic carbocycles. The molecule has 0 saturated carbocycles. The van der Waals surface area contributed by atoms with Gasteiger partial charge in [-0.2, -0.15) is 0 Å². The van der Waals surface area contributed by atoms with Gasteiger partial charge in [-0.05, 0) is 42.6 Å². The van der Waals surface area contributed by atoms with Crippen molar-refractivity contribution >= 4 is 47.6 Å². The van der Waals surface area contributed by atoms with Crippen LogP contribution in [0, 0.1) is 0 Å². The normalized spacial score (nSPS) is 12.3. The number of carbonyl (C=O) groups excluding carboxylic acids is 1. The molecule has 1 aromatic carbocycles. The second-order valence-corrected chi connectivity index (χ2v) is 9.68. The number of halogens is 1. The maximum atomic E-state index is 12.7. The monoisotopic (exact) mass is 482 g/mol. The van der Waals surface area contributed by atoms with Crippen molar-refractivity contribution < 1.29 is 28.6 Å². The van der Waals surface area contributed by atoms with Gasteiger partial charge >= 0.3 is 7.60 Å². The lowest BCUT2D eigenvalue weighted by atomic mass is 10.2. The number of carbonyl (C=O) groups is 1. The van der Waals surface area contributed by atoms with E-state index in [2.05, 4.69) is 10.3 Å². The number of anilines is 1. The molecule has 3 rings (SSSR count). The lowest BCUT2D eigenvalue weighted by Gasteiger charge is -2.13. The average molecular weight is 483 g/mol. The fourth-order valence-electron chi connectivity index (χ4n) is 2.59. The summed E-state index contributed by atoms with van der Waals surface area (Å²) in [4.78, 5) is 36.1. The molecule has 0 aliphatic rings. The van der Waals surface area contributed by atoms with Gasteiger partial charge in [0.2, 0.25) is 0 Å². The van der Waals surface area contributed by atoms with Crippen LogP contribution >= 0.6 is 30.5 Å². The molecule has 2 aromatic heterocycles. The molecule has 0 aliphatic heterocycles. The molecule has 0 spiro atoms. The summed E-state index contributed by atoms with van der Waals surface area (Å²) < 4.78 is 22.5. The zero-order valence-corrected chi connectivity index (χ0v) is 18.9. The summed E-state index contributed by atoms with van der Waals surface area (Å²) in [6, 6.07) is 11.2. The summed E-state index contributed by atoms with van der Waals surface area (Å²) in [5, 5.41) is 4.33. The molecule has 0 fully saturated rings. The number of aromatic nitrogens is 1. The number of hydrogen-bond acceptors (Lipinski definition) is 6. The van der Waals surface area contributed by atoms with Crippen LogP contribution in [0.3, 0.4) is 0 Å². The highest BCUT2D eigenvalue weighted by Crippen LogP contribution is 2.32. The van der Waals surface area contributed by atoms with Gasteiger partial charge in [-0.3, -0.25) is 9.36 Å². The number of alkyl halides is 1. The Bertz CT molecular complexity index is 1070. The number of thiophene rings is 1. The van der Waals surface area contributed by atoms with Crippen LogP contribution in [0.25, 0.3) is 0 Å². The second kappa shape index (κ2) is 10.3. The molecular weight excluding hydrogens is 463 g/mol. The van der Waals surface area contributed by atoms with Gasteiger partial charge in [0.05, 0.1) is 11.9 Å². The van der Waals surface area contributed by atoms with Crippen LogP contribution in [-0.2, 0) is 11.0 Å². The smallest absolute Gasteiger partial charge is 0.357 e. The molecule has 0 saturated heterocycles.